The Labute approximate surface area is 191 Å². The fourth-order valence-corrected chi connectivity index (χ4v) is 2.24. The molecule has 1 N–H and O–H groups in total. The van der Waals surface area contributed by atoms with Gasteiger partial charge in [-0.15, -0.1) is 0 Å². The van der Waals surface area contributed by atoms with E-state index in [0.717, 1.165) is 13.8 Å². The molecule has 0 saturated carbocycles. The number of hydrogen-bond donors (Lipinski definition) is 1. The maximum Gasteiger partial charge on any atom is 0.344 e. The fourth-order valence-electron chi connectivity index (χ4n) is 2.24. The van der Waals surface area contributed by atoms with Crippen LogP contribution in [-0.4, -0.2) is 87.5 Å². The maximum atomic E-state index is 11.8. The summed E-state index contributed by atoms with van der Waals surface area (Å²) in [5.74, 6) is -3.88. The highest BCUT2D eigenvalue weighted by molar-refractivity contribution is 5.75. The van der Waals surface area contributed by atoms with E-state index in [0.29, 0.717) is 0 Å². The van der Waals surface area contributed by atoms with Crippen molar-refractivity contribution >= 4 is 35.8 Å². The van der Waals surface area contributed by atoms with Gasteiger partial charge in [-0.2, -0.15) is 0 Å². The van der Waals surface area contributed by atoms with Crippen LogP contribution in [-0.2, 0) is 57.2 Å². The molecule has 13 heteroatoms. The van der Waals surface area contributed by atoms with Gasteiger partial charge in [0.05, 0.1) is 13.2 Å². The summed E-state index contributed by atoms with van der Waals surface area (Å²) in [6, 6.07) is 0. The van der Waals surface area contributed by atoms with E-state index in [1.165, 1.54) is 13.8 Å². The Hall–Kier alpha value is -3.22. The van der Waals surface area contributed by atoms with Crippen molar-refractivity contribution < 1.29 is 57.2 Å². The summed E-state index contributed by atoms with van der Waals surface area (Å²) >= 11 is 0. The smallest absolute Gasteiger partial charge is 0.344 e. The summed E-state index contributed by atoms with van der Waals surface area (Å²) in [6.45, 7) is 3.74. The minimum atomic E-state index is -0.793. The first-order valence-electron chi connectivity index (χ1n) is 10.1. The van der Waals surface area contributed by atoms with Gasteiger partial charge in [-0.05, 0) is 0 Å². The first-order chi connectivity index (χ1) is 15.5. The fraction of sp³-hybridized carbons (Fsp3) is 0.700. The van der Waals surface area contributed by atoms with Gasteiger partial charge >= 0.3 is 35.8 Å². The van der Waals surface area contributed by atoms with Gasteiger partial charge < -0.3 is 33.7 Å². The number of carbonyl (C=O) groups excluding carboxylic acids is 6. The Balaban J connectivity index is 4.82. The molecule has 13 nitrogen and oxygen atoms in total. The number of esters is 6. The van der Waals surface area contributed by atoms with Crippen LogP contribution in [0.1, 0.15) is 40.5 Å². The molecule has 0 heterocycles. The van der Waals surface area contributed by atoms with Gasteiger partial charge in [-0.3, -0.25) is 19.2 Å². The van der Waals surface area contributed by atoms with Crippen molar-refractivity contribution in [2.24, 2.45) is 0 Å². The molecule has 0 amide bonds. The van der Waals surface area contributed by atoms with E-state index in [1.807, 2.05) is 0 Å². The molecule has 0 aliphatic rings. The van der Waals surface area contributed by atoms with Crippen LogP contribution in [0.5, 0.6) is 0 Å². The zero-order valence-corrected chi connectivity index (χ0v) is 19.2. The predicted octanol–water partition coefficient (Wildman–Crippen LogP) is -0.568. The molecule has 0 aliphatic carbocycles. The molecule has 188 valence electrons. The van der Waals surface area contributed by atoms with Crippen LogP contribution in [0, 0.1) is 0 Å². The average molecular weight is 477 g/mol. The van der Waals surface area contributed by atoms with Gasteiger partial charge in [-0.25, -0.2) is 9.59 Å². The molecular formula is C20H31NO12. The Kier molecular flexibility index (Phi) is 15.7. The molecule has 0 fully saturated rings. The summed E-state index contributed by atoms with van der Waals surface area (Å²) in [5.41, 5.74) is 0. The zero-order chi connectivity index (χ0) is 25.2. The largest absolute Gasteiger partial charge is 0.466 e. The van der Waals surface area contributed by atoms with Crippen molar-refractivity contribution in [2.75, 3.05) is 39.5 Å². The quantitative estimate of drug-likeness (QED) is 0.222. The molecule has 0 aliphatic heterocycles. The molecular weight excluding hydrogens is 446 g/mol. The van der Waals surface area contributed by atoms with E-state index in [-0.39, 0.29) is 39.1 Å². The van der Waals surface area contributed by atoms with Crippen molar-refractivity contribution in [1.82, 2.24) is 5.32 Å². The second-order valence-electron chi connectivity index (χ2n) is 6.70. The van der Waals surface area contributed by atoms with E-state index < -0.39 is 61.2 Å². The van der Waals surface area contributed by atoms with Crippen molar-refractivity contribution in [2.45, 2.75) is 52.7 Å². The van der Waals surface area contributed by atoms with Crippen LogP contribution >= 0.6 is 0 Å². The standard InChI is InChI=1S/C20H31NO12/c1-13(22)28-7-5-17(32-19(26)11-30-15(3)24)9-21-10-18(6-8-29-14(2)23)33-20(27)12-31-16(4)25/h17-18,21H,5-12H2,1-4H3. The third-order valence-corrected chi connectivity index (χ3v) is 3.62. The molecule has 2 unspecified atom stereocenters. The molecule has 0 bridgehead atoms. The maximum absolute atomic E-state index is 11.8. The first-order valence-corrected chi connectivity index (χ1v) is 10.1. The minimum absolute atomic E-state index is 0.0181. The third-order valence-electron chi connectivity index (χ3n) is 3.62. The molecule has 2 atom stereocenters. The lowest BCUT2D eigenvalue weighted by Crippen LogP contribution is -2.39. The molecule has 0 aromatic heterocycles. The highest BCUT2D eigenvalue weighted by Gasteiger charge is 2.19. The number of hydrogen-bond acceptors (Lipinski definition) is 13. The van der Waals surface area contributed by atoms with Gasteiger partial charge in [-0.1, -0.05) is 0 Å². The third kappa shape index (κ3) is 19.2. The van der Waals surface area contributed by atoms with Crippen LogP contribution in [0.2, 0.25) is 0 Å². The van der Waals surface area contributed by atoms with Crippen LogP contribution in [0.3, 0.4) is 0 Å². The number of nitrogens with one attached hydrogen (secondary N) is 1. The minimum Gasteiger partial charge on any atom is -0.466 e. The van der Waals surface area contributed by atoms with Crippen LogP contribution in [0.4, 0.5) is 0 Å². The topological polar surface area (TPSA) is 170 Å². The van der Waals surface area contributed by atoms with Crippen LogP contribution in [0.15, 0.2) is 0 Å². The molecule has 0 saturated heterocycles. The molecule has 0 radical (unpaired) electrons. The molecule has 0 spiro atoms. The lowest BCUT2D eigenvalue weighted by Gasteiger charge is -2.22. The van der Waals surface area contributed by atoms with E-state index >= 15 is 0 Å². The first kappa shape index (κ1) is 29.8. The molecule has 0 aromatic rings. The zero-order valence-electron chi connectivity index (χ0n) is 19.2. The van der Waals surface area contributed by atoms with E-state index in [1.54, 1.807) is 0 Å². The highest BCUT2D eigenvalue weighted by Crippen LogP contribution is 2.04. The number of carbonyl (C=O) groups is 6. The van der Waals surface area contributed by atoms with Gasteiger partial charge in [0, 0.05) is 53.6 Å². The van der Waals surface area contributed by atoms with Crippen LogP contribution in [0.25, 0.3) is 0 Å². The van der Waals surface area contributed by atoms with Gasteiger partial charge in [0.2, 0.25) is 0 Å². The molecule has 33 heavy (non-hydrogen) atoms. The lowest BCUT2D eigenvalue weighted by molar-refractivity contribution is -0.162. The van der Waals surface area contributed by atoms with Crippen molar-refractivity contribution in [1.29, 1.82) is 0 Å². The van der Waals surface area contributed by atoms with Gasteiger partial charge in [0.1, 0.15) is 12.2 Å². The summed E-state index contributed by atoms with van der Waals surface area (Å²) in [5, 5.41) is 2.95. The van der Waals surface area contributed by atoms with Crippen molar-refractivity contribution in [3.05, 3.63) is 0 Å². The average Bonchev–Trinajstić information content (AvgIpc) is 2.69. The normalized spacial score (nSPS) is 12.0. The molecule has 0 rings (SSSR count). The van der Waals surface area contributed by atoms with Gasteiger partial charge in [0.25, 0.3) is 0 Å². The number of rotatable bonds is 16. The predicted molar refractivity (Wildman–Crippen MR) is 108 cm³/mol. The molecule has 0 aromatic carbocycles. The second kappa shape index (κ2) is 17.3. The Bertz CT molecular complexity index is 622. The summed E-state index contributed by atoms with van der Waals surface area (Å²) < 4.78 is 29.3. The Morgan fingerprint density at radius 2 is 0.909 bits per heavy atom. The monoisotopic (exact) mass is 477 g/mol. The van der Waals surface area contributed by atoms with Crippen LogP contribution < -0.4 is 5.32 Å². The SMILES string of the molecule is CC(=O)OCCC(CNCC(CCOC(C)=O)OC(=O)COC(C)=O)OC(=O)COC(C)=O. The van der Waals surface area contributed by atoms with Gasteiger partial charge in [0.15, 0.2) is 13.2 Å². The van der Waals surface area contributed by atoms with E-state index in [9.17, 15) is 28.8 Å². The van der Waals surface area contributed by atoms with Crippen molar-refractivity contribution in [3.8, 4) is 0 Å². The lowest BCUT2D eigenvalue weighted by atomic mass is 10.2. The number of ether oxygens (including phenoxy) is 6. The summed E-state index contributed by atoms with van der Waals surface area (Å²) in [6.07, 6.45) is -1.19. The highest BCUT2D eigenvalue weighted by atomic mass is 16.6. The summed E-state index contributed by atoms with van der Waals surface area (Å²) in [4.78, 5) is 67.2. The summed E-state index contributed by atoms with van der Waals surface area (Å²) in [7, 11) is 0. The van der Waals surface area contributed by atoms with E-state index in [4.69, 9.17) is 18.9 Å². The van der Waals surface area contributed by atoms with Crippen molar-refractivity contribution in [3.63, 3.8) is 0 Å². The second-order valence-corrected chi connectivity index (χ2v) is 6.70. The Morgan fingerprint density at radius 1 is 0.576 bits per heavy atom. The van der Waals surface area contributed by atoms with E-state index in [2.05, 4.69) is 14.8 Å². The Morgan fingerprint density at radius 3 is 1.21 bits per heavy atom.